The molecule has 1 amide bonds. The van der Waals surface area contributed by atoms with Crippen LogP contribution in [0, 0.1) is 6.92 Å². The third-order valence-corrected chi connectivity index (χ3v) is 4.69. The van der Waals surface area contributed by atoms with Gasteiger partial charge in [0.1, 0.15) is 5.01 Å². The Bertz CT molecular complexity index is 643. The third kappa shape index (κ3) is 5.46. The largest absolute Gasteiger partial charge is 0.347 e. The van der Waals surface area contributed by atoms with E-state index < -0.39 is 0 Å². The summed E-state index contributed by atoms with van der Waals surface area (Å²) in [6, 6.07) is 7.56. The molecule has 4 nitrogen and oxygen atoms in total. The summed E-state index contributed by atoms with van der Waals surface area (Å²) in [6.45, 7) is 4.67. The molecule has 0 aliphatic rings. The van der Waals surface area contributed by atoms with Gasteiger partial charge in [-0.05, 0) is 33.0 Å². The first-order chi connectivity index (χ1) is 10.5. The Labute approximate surface area is 152 Å². The van der Waals surface area contributed by atoms with Crippen LogP contribution < -0.4 is 10.6 Å². The van der Waals surface area contributed by atoms with Gasteiger partial charge in [0.15, 0.2) is 0 Å². The van der Waals surface area contributed by atoms with Gasteiger partial charge in [-0.25, -0.2) is 4.98 Å². The van der Waals surface area contributed by atoms with Gasteiger partial charge in [-0.3, -0.25) is 4.79 Å². The summed E-state index contributed by atoms with van der Waals surface area (Å²) >= 11 is 7.54. The predicted octanol–water partition coefficient (Wildman–Crippen LogP) is 3.98. The number of rotatable bonds is 6. The second kappa shape index (κ2) is 9.23. The number of hydrogen-bond donors (Lipinski definition) is 2. The molecular weight excluding hydrogens is 353 g/mol. The van der Waals surface area contributed by atoms with Gasteiger partial charge >= 0.3 is 0 Å². The molecule has 1 atom stereocenters. The van der Waals surface area contributed by atoms with Crippen LogP contribution in [0.3, 0.4) is 0 Å². The molecule has 0 saturated heterocycles. The van der Waals surface area contributed by atoms with Gasteiger partial charge in [-0.15, -0.1) is 23.7 Å². The molecule has 2 rings (SSSR count). The van der Waals surface area contributed by atoms with E-state index in [1.54, 1.807) is 11.3 Å². The second-order valence-corrected chi connectivity index (χ2v) is 6.78. The minimum Gasteiger partial charge on any atom is -0.347 e. The molecule has 0 fully saturated rings. The molecule has 2 aromatic rings. The Morgan fingerprint density at radius 2 is 2.00 bits per heavy atom. The van der Waals surface area contributed by atoms with Gasteiger partial charge in [0.05, 0.1) is 11.7 Å². The van der Waals surface area contributed by atoms with Crippen LogP contribution in [0.2, 0.25) is 5.02 Å². The zero-order valence-electron chi connectivity index (χ0n) is 13.4. The maximum absolute atomic E-state index is 11.8. The monoisotopic (exact) mass is 373 g/mol. The Morgan fingerprint density at radius 1 is 1.35 bits per heavy atom. The lowest BCUT2D eigenvalue weighted by Crippen LogP contribution is -2.28. The molecule has 1 aromatic heterocycles. The minimum absolute atomic E-state index is 0. The molecular formula is C16H21Cl2N3OS. The van der Waals surface area contributed by atoms with Crippen LogP contribution in [-0.4, -0.2) is 24.5 Å². The van der Waals surface area contributed by atoms with Crippen molar-refractivity contribution in [3.05, 3.63) is 39.2 Å². The van der Waals surface area contributed by atoms with E-state index in [1.165, 1.54) is 0 Å². The average molecular weight is 374 g/mol. The number of nitrogens with one attached hydrogen (secondary N) is 2. The number of hydrogen-bond acceptors (Lipinski definition) is 4. The van der Waals surface area contributed by atoms with Gasteiger partial charge in [0, 0.05) is 28.4 Å². The Hall–Kier alpha value is -1.14. The molecule has 0 aliphatic carbocycles. The number of carbonyl (C=O) groups excluding carboxylic acids is 1. The van der Waals surface area contributed by atoms with E-state index >= 15 is 0 Å². The molecule has 1 unspecified atom stereocenters. The first-order valence-electron chi connectivity index (χ1n) is 7.18. The van der Waals surface area contributed by atoms with E-state index in [4.69, 9.17) is 11.6 Å². The first-order valence-corrected chi connectivity index (χ1v) is 8.38. The van der Waals surface area contributed by atoms with E-state index in [9.17, 15) is 4.79 Å². The van der Waals surface area contributed by atoms with Gasteiger partial charge in [0.25, 0.3) is 0 Å². The highest BCUT2D eigenvalue weighted by molar-refractivity contribution is 7.12. The van der Waals surface area contributed by atoms with Crippen LogP contribution in [0.15, 0.2) is 24.3 Å². The average Bonchev–Trinajstić information content (AvgIpc) is 2.88. The molecule has 2 N–H and O–H groups in total. The van der Waals surface area contributed by atoms with Crippen LogP contribution in [0.4, 0.5) is 0 Å². The van der Waals surface area contributed by atoms with Crippen LogP contribution in [-0.2, 0) is 4.79 Å². The van der Waals surface area contributed by atoms with Crippen LogP contribution in [0.25, 0.3) is 11.3 Å². The summed E-state index contributed by atoms with van der Waals surface area (Å²) in [4.78, 5) is 17.6. The zero-order chi connectivity index (χ0) is 16.1. The van der Waals surface area contributed by atoms with Crippen molar-refractivity contribution in [1.29, 1.82) is 0 Å². The molecule has 126 valence electrons. The summed E-state index contributed by atoms with van der Waals surface area (Å²) in [7, 11) is 1.83. The van der Waals surface area contributed by atoms with Gasteiger partial charge in [-0.2, -0.15) is 0 Å². The highest BCUT2D eigenvalue weighted by Crippen LogP contribution is 2.31. The number of aromatic nitrogens is 1. The molecule has 7 heteroatoms. The minimum atomic E-state index is -0.0888. The van der Waals surface area contributed by atoms with Crippen molar-refractivity contribution < 1.29 is 4.79 Å². The highest BCUT2D eigenvalue weighted by Gasteiger charge is 2.16. The lowest BCUT2D eigenvalue weighted by atomic mass is 10.1. The number of aryl methyl sites for hydroxylation is 1. The zero-order valence-corrected chi connectivity index (χ0v) is 15.7. The van der Waals surface area contributed by atoms with Crippen molar-refractivity contribution in [2.75, 3.05) is 13.6 Å². The summed E-state index contributed by atoms with van der Waals surface area (Å²) in [5.74, 6) is 0.0303. The Balaban J connectivity index is 0.00000264. The van der Waals surface area contributed by atoms with E-state index in [1.807, 2.05) is 45.2 Å². The van der Waals surface area contributed by atoms with E-state index in [2.05, 4.69) is 15.6 Å². The maximum Gasteiger partial charge on any atom is 0.221 e. The smallest absolute Gasteiger partial charge is 0.221 e. The molecule has 1 aromatic carbocycles. The van der Waals surface area contributed by atoms with Gasteiger partial charge in [-0.1, -0.05) is 23.7 Å². The Kier molecular flexibility index (Phi) is 7.99. The SMILES string of the molecule is CNCCC(=O)NC(C)c1nc(-c2ccc(Cl)cc2)c(C)s1.Cl. The number of nitrogens with zero attached hydrogens (tertiary/aromatic N) is 1. The van der Waals surface area contributed by atoms with E-state index in [-0.39, 0.29) is 24.4 Å². The fourth-order valence-electron chi connectivity index (χ4n) is 2.09. The fourth-order valence-corrected chi connectivity index (χ4v) is 3.16. The number of carbonyl (C=O) groups is 1. The third-order valence-electron chi connectivity index (χ3n) is 3.28. The number of thiazole rings is 1. The molecule has 0 bridgehead atoms. The standard InChI is InChI=1S/C16H20ClN3OS.ClH/c1-10(19-14(21)8-9-18-3)16-20-15(11(2)22-16)12-4-6-13(17)7-5-12;/h4-7,10,18H,8-9H2,1-3H3,(H,19,21);1H. The molecule has 1 heterocycles. The quantitative estimate of drug-likeness (QED) is 0.804. The lowest BCUT2D eigenvalue weighted by Gasteiger charge is -2.11. The normalized spacial score (nSPS) is 11.7. The van der Waals surface area contributed by atoms with E-state index in [0.29, 0.717) is 18.0 Å². The summed E-state index contributed by atoms with van der Waals surface area (Å²) in [5, 5.41) is 7.57. The van der Waals surface area contributed by atoms with Crippen molar-refractivity contribution in [2.24, 2.45) is 0 Å². The van der Waals surface area contributed by atoms with Crippen molar-refractivity contribution >= 4 is 41.3 Å². The van der Waals surface area contributed by atoms with Gasteiger partial charge in [0.2, 0.25) is 5.91 Å². The number of halogens is 2. The lowest BCUT2D eigenvalue weighted by molar-refractivity contribution is -0.121. The van der Waals surface area contributed by atoms with Crippen molar-refractivity contribution in [2.45, 2.75) is 26.3 Å². The molecule has 23 heavy (non-hydrogen) atoms. The van der Waals surface area contributed by atoms with Gasteiger partial charge < -0.3 is 10.6 Å². The second-order valence-electron chi connectivity index (χ2n) is 5.11. The molecule has 0 aliphatic heterocycles. The Morgan fingerprint density at radius 3 is 2.61 bits per heavy atom. The summed E-state index contributed by atoms with van der Waals surface area (Å²) in [5.41, 5.74) is 1.99. The number of amides is 1. The molecule has 0 spiro atoms. The molecule has 0 radical (unpaired) electrons. The predicted molar refractivity (Wildman–Crippen MR) is 99.6 cm³/mol. The maximum atomic E-state index is 11.8. The fraction of sp³-hybridized carbons (Fsp3) is 0.375. The van der Waals surface area contributed by atoms with Crippen molar-refractivity contribution in [3.63, 3.8) is 0 Å². The van der Waals surface area contributed by atoms with Crippen molar-refractivity contribution in [1.82, 2.24) is 15.6 Å². The van der Waals surface area contributed by atoms with Crippen LogP contribution >= 0.6 is 35.3 Å². The topological polar surface area (TPSA) is 54.0 Å². The van der Waals surface area contributed by atoms with Crippen LogP contribution in [0.1, 0.15) is 29.3 Å². The summed E-state index contributed by atoms with van der Waals surface area (Å²) < 4.78 is 0. The first kappa shape index (κ1) is 19.9. The highest BCUT2D eigenvalue weighted by atomic mass is 35.5. The summed E-state index contributed by atoms with van der Waals surface area (Å²) in [6.07, 6.45) is 0.467. The van der Waals surface area contributed by atoms with Crippen molar-refractivity contribution in [3.8, 4) is 11.3 Å². The van der Waals surface area contributed by atoms with E-state index in [0.717, 1.165) is 21.1 Å². The number of benzene rings is 1. The molecule has 0 saturated carbocycles. The van der Waals surface area contributed by atoms with Crippen LogP contribution in [0.5, 0.6) is 0 Å².